The third-order valence-corrected chi connectivity index (χ3v) is 2.93. The lowest BCUT2D eigenvalue weighted by molar-refractivity contribution is -0.146. The summed E-state index contributed by atoms with van der Waals surface area (Å²) in [5.41, 5.74) is 0.913. The molecule has 1 unspecified atom stereocenters. The van der Waals surface area contributed by atoms with Gasteiger partial charge in [0.25, 0.3) is 0 Å². The largest absolute Gasteiger partial charge is 0.468 e. The van der Waals surface area contributed by atoms with Gasteiger partial charge in [-0.3, -0.25) is 9.88 Å². The maximum atomic E-state index is 11.8. The van der Waals surface area contributed by atoms with E-state index >= 15 is 0 Å². The standard InChI is InChI=1S/C12H16N2O2/c1-16-12(15)11(14-7-2-3-8-14)10-5-4-6-13-9-10/h4-6,9,11H,2-3,7-8H2,1H3. The van der Waals surface area contributed by atoms with Crippen molar-refractivity contribution in [3.63, 3.8) is 0 Å². The monoisotopic (exact) mass is 220 g/mol. The smallest absolute Gasteiger partial charge is 0.327 e. The van der Waals surface area contributed by atoms with E-state index in [0.29, 0.717) is 0 Å². The molecule has 0 amide bonds. The van der Waals surface area contributed by atoms with E-state index in [2.05, 4.69) is 9.88 Å². The minimum absolute atomic E-state index is 0.199. The van der Waals surface area contributed by atoms with E-state index in [1.54, 1.807) is 12.4 Å². The van der Waals surface area contributed by atoms with Crippen molar-refractivity contribution in [2.75, 3.05) is 20.2 Å². The quantitative estimate of drug-likeness (QED) is 0.722. The number of methoxy groups -OCH3 is 1. The fourth-order valence-electron chi connectivity index (χ4n) is 2.15. The van der Waals surface area contributed by atoms with E-state index in [4.69, 9.17) is 4.74 Å². The summed E-state index contributed by atoms with van der Waals surface area (Å²) in [6.45, 7) is 1.91. The van der Waals surface area contributed by atoms with Crippen molar-refractivity contribution in [1.82, 2.24) is 9.88 Å². The van der Waals surface area contributed by atoms with Gasteiger partial charge in [-0.2, -0.15) is 0 Å². The van der Waals surface area contributed by atoms with Crippen molar-refractivity contribution >= 4 is 5.97 Å². The average molecular weight is 220 g/mol. The molecule has 0 radical (unpaired) electrons. The number of nitrogens with zero attached hydrogens (tertiary/aromatic N) is 2. The highest BCUT2D eigenvalue weighted by Gasteiger charge is 2.30. The third kappa shape index (κ3) is 2.22. The molecule has 1 saturated heterocycles. The van der Waals surface area contributed by atoms with Gasteiger partial charge < -0.3 is 4.74 Å². The van der Waals surface area contributed by atoms with Gasteiger partial charge in [0.1, 0.15) is 6.04 Å². The zero-order valence-electron chi connectivity index (χ0n) is 9.43. The van der Waals surface area contributed by atoms with Crippen molar-refractivity contribution in [2.45, 2.75) is 18.9 Å². The topological polar surface area (TPSA) is 42.4 Å². The summed E-state index contributed by atoms with van der Waals surface area (Å²) in [6.07, 6.45) is 5.74. The summed E-state index contributed by atoms with van der Waals surface area (Å²) >= 11 is 0. The molecule has 2 rings (SSSR count). The number of pyridine rings is 1. The van der Waals surface area contributed by atoms with Gasteiger partial charge >= 0.3 is 5.97 Å². The summed E-state index contributed by atoms with van der Waals surface area (Å²) in [4.78, 5) is 18.0. The van der Waals surface area contributed by atoms with E-state index in [-0.39, 0.29) is 12.0 Å². The highest BCUT2D eigenvalue weighted by Crippen LogP contribution is 2.25. The van der Waals surface area contributed by atoms with Crippen molar-refractivity contribution in [3.05, 3.63) is 30.1 Å². The molecule has 0 spiro atoms. The first-order valence-corrected chi connectivity index (χ1v) is 5.54. The van der Waals surface area contributed by atoms with Crippen LogP contribution < -0.4 is 0 Å². The number of hydrogen-bond donors (Lipinski definition) is 0. The molecule has 2 heterocycles. The number of carbonyl (C=O) groups is 1. The van der Waals surface area contributed by atoms with Crippen LogP contribution >= 0.6 is 0 Å². The Hall–Kier alpha value is -1.42. The molecule has 0 saturated carbocycles. The van der Waals surface area contributed by atoms with Crippen LogP contribution in [-0.4, -0.2) is 36.1 Å². The molecule has 0 bridgehead atoms. The van der Waals surface area contributed by atoms with Crippen LogP contribution in [0.15, 0.2) is 24.5 Å². The number of esters is 1. The SMILES string of the molecule is COC(=O)C(c1cccnc1)N1CCCC1. The minimum Gasteiger partial charge on any atom is -0.468 e. The zero-order valence-corrected chi connectivity index (χ0v) is 9.43. The minimum atomic E-state index is -0.291. The number of likely N-dealkylation sites (tertiary alicyclic amines) is 1. The van der Waals surface area contributed by atoms with Crippen LogP contribution in [0.5, 0.6) is 0 Å². The van der Waals surface area contributed by atoms with E-state index < -0.39 is 0 Å². The Labute approximate surface area is 95.2 Å². The zero-order chi connectivity index (χ0) is 11.4. The predicted molar refractivity (Wildman–Crippen MR) is 59.8 cm³/mol. The molecular weight excluding hydrogens is 204 g/mol. The molecule has 0 N–H and O–H groups in total. The van der Waals surface area contributed by atoms with Gasteiger partial charge in [-0.25, -0.2) is 4.79 Å². The number of hydrogen-bond acceptors (Lipinski definition) is 4. The van der Waals surface area contributed by atoms with Crippen molar-refractivity contribution in [2.24, 2.45) is 0 Å². The Morgan fingerprint density at radius 1 is 1.50 bits per heavy atom. The highest BCUT2D eigenvalue weighted by molar-refractivity contribution is 5.77. The fraction of sp³-hybridized carbons (Fsp3) is 0.500. The van der Waals surface area contributed by atoms with Gasteiger partial charge in [0, 0.05) is 12.4 Å². The molecule has 4 heteroatoms. The first kappa shape index (κ1) is 11.1. The van der Waals surface area contributed by atoms with Gasteiger partial charge in [-0.1, -0.05) is 6.07 Å². The maximum absolute atomic E-state index is 11.8. The normalized spacial score (nSPS) is 18.3. The summed E-state index contributed by atoms with van der Waals surface area (Å²) in [7, 11) is 1.43. The second kappa shape index (κ2) is 5.07. The molecule has 1 aliphatic rings. The van der Waals surface area contributed by atoms with Gasteiger partial charge in [-0.05, 0) is 37.6 Å². The maximum Gasteiger partial charge on any atom is 0.327 e. The lowest BCUT2D eigenvalue weighted by Gasteiger charge is -2.24. The molecule has 0 aromatic carbocycles. The average Bonchev–Trinajstić information content (AvgIpc) is 2.84. The summed E-state index contributed by atoms with van der Waals surface area (Å²) in [5.74, 6) is -0.199. The van der Waals surface area contributed by atoms with Gasteiger partial charge in [0.05, 0.1) is 7.11 Å². The third-order valence-electron chi connectivity index (χ3n) is 2.93. The molecule has 1 fully saturated rings. The Morgan fingerprint density at radius 3 is 2.81 bits per heavy atom. The van der Waals surface area contributed by atoms with E-state index in [1.165, 1.54) is 7.11 Å². The number of aromatic nitrogens is 1. The van der Waals surface area contributed by atoms with Crippen molar-refractivity contribution in [3.8, 4) is 0 Å². The van der Waals surface area contributed by atoms with Gasteiger partial charge in [0.15, 0.2) is 0 Å². The summed E-state index contributed by atoms with van der Waals surface area (Å²) in [5, 5.41) is 0. The van der Waals surface area contributed by atoms with Crippen LogP contribution in [0, 0.1) is 0 Å². The molecule has 1 aromatic heterocycles. The first-order chi connectivity index (χ1) is 7.83. The van der Waals surface area contributed by atoms with Crippen molar-refractivity contribution in [1.29, 1.82) is 0 Å². The Balaban J connectivity index is 2.24. The lowest BCUT2D eigenvalue weighted by atomic mass is 10.1. The Bertz CT molecular complexity index is 347. The van der Waals surface area contributed by atoms with E-state index in [1.807, 2.05) is 12.1 Å². The molecule has 0 aliphatic carbocycles. The van der Waals surface area contributed by atoms with Crippen molar-refractivity contribution < 1.29 is 9.53 Å². The Morgan fingerprint density at radius 2 is 2.25 bits per heavy atom. The first-order valence-electron chi connectivity index (χ1n) is 5.54. The molecule has 86 valence electrons. The van der Waals surface area contributed by atoms with E-state index in [9.17, 15) is 4.79 Å². The highest BCUT2D eigenvalue weighted by atomic mass is 16.5. The van der Waals surface area contributed by atoms with Gasteiger partial charge in [0.2, 0.25) is 0 Å². The lowest BCUT2D eigenvalue weighted by Crippen LogP contribution is -2.32. The molecule has 16 heavy (non-hydrogen) atoms. The molecular formula is C12H16N2O2. The number of carbonyl (C=O) groups excluding carboxylic acids is 1. The Kier molecular flexibility index (Phi) is 3.51. The van der Waals surface area contributed by atoms with Crippen LogP contribution in [0.25, 0.3) is 0 Å². The molecule has 1 aliphatic heterocycles. The second-order valence-corrected chi connectivity index (χ2v) is 3.96. The van der Waals surface area contributed by atoms with Crippen LogP contribution in [0.1, 0.15) is 24.4 Å². The fourth-order valence-corrected chi connectivity index (χ4v) is 2.15. The van der Waals surface area contributed by atoms with Gasteiger partial charge in [-0.15, -0.1) is 0 Å². The summed E-state index contributed by atoms with van der Waals surface area (Å²) in [6, 6.07) is 3.48. The van der Waals surface area contributed by atoms with Crippen LogP contribution in [0.2, 0.25) is 0 Å². The molecule has 4 nitrogen and oxygen atoms in total. The summed E-state index contributed by atoms with van der Waals surface area (Å²) < 4.78 is 4.87. The number of ether oxygens (including phenoxy) is 1. The van der Waals surface area contributed by atoms with Crippen LogP contribution in [-0.2, 0) is 9.53 Å². The second-order valence-electron chi connectivity index (χ2n) is 3.96. The van der Waals surface area contributed by atoms with Crippen LogP contribution in [0.4, 0.5) is 0 Å². The number of rotatable bonds is 3. The molecule has 1 atom stereocenters. The predicted octanol–water partition coefficient (Wildman–Crippen LogP) is 1.39. The van der Waals surface area contributed by atoms with Crippen LogP contribution in [0.3, 0.4) is 0 Å². The molecule has 1 aromatic rings. The van der Waals surface area contributed by atoms with E-state index in [0.717, 1.165) is 31.5 Å².